The lowest BCUT2D eigenvalue weighted by atomic mass is 9.87. The van der Waals surface area contributed by atoms with E-state index in [1.807, 2.05) is 19.1 Å². The van der Waals surface area contributed by atoms with Crippen LogP contribution in [0.25, 0.3) is 0 Å². The number of fused-ring (bicyclic) bond motifs is 1. The minimum Gasteiger partial charge on any atom is -0.497 e. The van der Waals surface area contributed by atoms with Gasteiger partial charge < -0.3 is 14.8 Å². The Morgan fingerprint density at radius 2 is 1.85 bits per heavy atom. The summed E-state index contributed by atoms with van der Waals surface area (Å²) < 4.78 is 10.7. The number of esters is 1. The van der Waals surface area contributed by atoms with Crippen molar-refractivity contribution in [3.63, 3.8) is 0 Å². The van der Waals surface area contributed by atoms with Crippen LogP contribution in [-0.2, 0) is 27.2 Å². The molecule has 1 N–H and O–H groups in total. The number of likely N-dealkylation sites (tertiary alicyclic amines) is 1. The molecule has 0 saturated carbocycles. The summed E-state index contributed by atoms with van der Waals surface area (Å²) in [6, 6.07) is 8.30. The third kappa shape index (κ3) is 5.25. The van der Waals surface area contributed by atoms with Crippen LogP contribution >= 0.6 is 11.3 Å². The van der Waals surface area contributed by atoms with Gasteiger partial charge in [-0.1, -0.05) is 12.1 Å². The normalized spacial score (nSPS) is 17.8. The van der Waals surface area contributed by atoms with Crippen LogP contribution in [0.3, 0.4) is 0 Å². The van der Waals surface area contributed by atoms with Crippen LogP contribution in [0.1, 0.15) is 67.1 Å². The quantitative estimate of drug-likeness (QED) is 0.580. The second kappa shape index (κ2) is 10.7. The molecule has 1 amide bonds. The average molecular weight is 471 g/mol. The van der Waals surface area contributed by atoms with Gasteiger partial charge in [-0.3, -0.25) is 14.5 Å². The van der Waals surface area contributed by atoms with E-state index < -0.39 is 0 Å². The molecule has 1 fully saturated rings. The number of aryl methyl sites for hydroxylation is 1. The van der Waals surface area contributed by atoms with Gasteiger partial charge in [0.25, 0.3) is 0 Å². The fourth-order valence-electron chi connectivity index (χ4n) is 5.13. The Hall–Kier alpha value is -2.38. The predicted octanol–water partition coefficient (Wildman–Crippen LogP) is 4.96. The number of hydrogen-bond acceptors (Lipinski definition) is 6. The first-order chi connectivity index (χ1) is 16.0. The molecule has 7 heteroatoms. The summed E-state index contributed by atoms with van der Waals surface area (Å²) >= 11 is 1.74. The Kier molecular flexibility index (Phi) is 7.71. The third-order valence-corrected chi connectivity index (χ3v) is 7.94. The van der Waals surface area contributed by atoms with Crippen LogP contribution in [0.4, 0.5) is 5.00 Å². The summed E-state index contributed by atoms with van der Waals surface area (Å²) in [6.07, 6.45) is 6.07. The zero-order chi connectivity index (χ0) is 23.4. The van der Waals surface area contributed by atoms with Crippen molar-refractivity contribution in [3.8, 4) is 5.75 Å². The van der Waals surface area contributed by atoms with Gasteiger partial charge in [-0.15, -0.1) is 11.3 Å². The zero-order valence-electron chi connectivity index (χ0n) is 19.8. The molecule has 178 valence electrons. The number of thiophene rings is 1. The molecule has 2 aliphatic rings. The summed E-state index contributed by atoms with van der Waals surface area (Å²) in [5, 5.41) is 4.12. The maximum atomic E-state index is 12.3. The first-order valence-electron chi connectivity index (χ1n) is 12.0. The predicted molar refractivity (Wildman–Crippen MR) is 131 cm³/mol. The van der Waals surface area contributed by atoms with Gasteiger partial charge in [-0.05, 0) is 81.8 Å². The third-order valence-electron chi connectivity index (χ3n) is 6.72. The highest BCUT2D eigenvalue weighted by atomic mass is 32.1. The lowest BCUT2D eigenvalue weighted by Gasteiger charge is -2.38. The molecular formula is C26H34N2O4S. The van der Waals surface area contributed by atoms with Crippen LogP contribution in [-0.4, -0.2) is 43.6 Å². The number of carbonyl (C=O) groups is 2. The largest absolute Gasteiger partial charge is 0.497 e. The number of rotatable bonds is 7. The minimum atomic E-state index is -0.0787. The molecule has 0 radical (unpaired) electrons. The molecule has 2 heterocycles. The van der Waals surface area contributed by atoms with Crippen LogP contribution in [0, 0.1) is 5.92 Å². The highest BCUT2D eigenvalue weighted by Gasteiger charge is 2.35. The molecule has 6 nitrogen and oxygen atoms in total. The Morgan fingerprint density at radius 1 is 1.15 bits per heavy atom. The van der Waals surface area contributed by atoms with E-state index in [4.69, 9.17) is 9.47 Å². The fraction of sp³-hybridized carbons (Fsp3) is 0.538. The molecule has 33 heavy (non-hydrogen) atoms. The minimum absolute atomic E-state index is 0.0269. The SMILES string of the molecule is CCOC(=O)C1CCN(C(c2ccc(OC)cc2)c2c(NC(C)=O)sc3c2CCCC3)CC1. The number of amides is 1. The van der Waals surface area contributed by atoms with E-state index in [0.29, 0.717) is 6.61 Å². The van der Waals surface area contributed by atoms with Crippen molar-refractivity contribution in [3.05, 3.63) is 45.8 Å². The first-order valence-corrected chi connectivity index (χ1v) is 12.8. The van der Waals surface area contributed by atoms with Crippen LogP contribution in [0.2, 0.25) is 0 Å². The molecule has 1 aliphatic carbocycles. The summed E-state index contributed by atoms with van der Waals surface area (Å²) in [5.41, 5.74) is 3.83. The van der Waals surface area contributed by atoms with E-state index in [0.717, 1.165) is 49.5 Å². The van der Waals surface area contributed by atoms with E-state index in [1.54, 1.807) is 25.4 Å². The van der Waals surface area contributed by atoms with Crippen molar-refractivity contribution in [1.82, 2.24) is 4.90 Å². The van der Waals surface area contributed by atoms with Gasteiger partial charge in [0.1, 0.15) is 10.8 Å². The Morgan fingerprint density at radius 3 is 2.48 bits per heavy atom. The van der Waals surface area contributed by atoms with Gasteiger partial charge in [0.2, 0.25) is 5.91 Å². The number of piperidine rings is 1. The lowest BCUT2D eigenvalue weighted by molar-refractivity contribution is -0.149. The zero-order valence-corrected chi connectivity index (χ0v) is 20.6. The first kappa shape index (κ1) is 23.8. The number of methoxy groups -OCH3 is 1. The molecule has 4 rings (SSSR count). The molecule has 1 atom stereocenters. The van der Waals surface area contributed by atoms with Crippen molar-refractivity contribution in [2.24, 2.45) is 5.92 Å². The number of carbonyl (C=O) groups excluding carboxylic acids is 2. The number of benzene rings is 1. The molecule has 1 aromatic heterocycles. The molecule has 2 aromatic rings. The van der Waals surface area contributed by atoms with Crippen molar-refractivity contribution >= 4 is 28.2 Å². The highest BCUT2D eigenvalue weighted by molar-refractivity contribution is 7.16. The summed E-state index contributed by atoms with van der Waals surface area (Å²) in [6.45, 7) is 5.48. The summed E-state index contributed by atoms with van der Waals surface area (Å²) in [5.74, 6) is 0.672. The fourth-order valence-corrected chi connectivity index (χ4v) is 6.50. The lowest BCUT2D eigenvalue weighted by Crippen LogP contribution is -2.40. The second-order valence-electron chi connectivity index (χ2n) is 8.87. The van der Waals surface area contributed by atoms with Crippen molar-refractivity contribution in [1.29, 1.82) is 0 Å². The number of nitrogens with zero attached hydrogens (tertiary/aromatic N) is 1. The maximum absolute atomic E-state index is 12.3. The second-order valence-corrected chi connectivity index (χ2v) is 9.98. The standard InChI is InChI=1S/C26H34N2O4S/c1-4-32-26(30)19-13-15-28(16-14-19)24(18-9-11-20(31-3)12-10-18)23-21-7-5-6-8-22(21)33-25(23)27-17(2)29/h9-12,19,24H,4-8,13-16H2,1-3H3,(H,27,29). The number of nitrogens with one attached hydrogen (secondary N) is 1. The van der Waals surface area contributed by atoms with Crippen LogP contribution < -0.4 is 10.1 Å². The Bertz CT molecular complexity index is 977. The highest BCUT2D eigenvalue weighted by Crippen LogP contribution is 2.46. The van der Waals surface area contributed by atoms with Gasteiger partial charge in [0.05, 0.1) is 25.7 Å². The van der Waals surface area contributed by atoms with E-state index in [2.05, 4.69) is 22.3 Å². The van der Waals surface area contributed by atoms with Gasteiger partial charge >= 0.3 is 5.97 Å². The molecule has 1 saturated heterocycles. The summed E-state index contributed by atoms with van der Waals surface area (Å²) in [7, 11) is 1.68. The topological polar surface area (TPSA) is 67.9 Å². The summed E-state index contributed by atoms with van der Waals surface area (Å²) in [4.78, 5) is 28.3. The Balaban J connectivity index is 1.72. The Labute approximate surface area is 200 Å². The van der Waals surface area contributed by atoms with Crippen LogP contribution in [0.5, 0.6) is 5.75 Å². The van der Waals surface area contributed by atoms with Gasteiger partial charge in [-0.2, -0.15) is 0 Å². The number of ether oxygens (including phenoxy) is 2. The van der Waals surface area contributed by atoms with Gasteiger partial charge in [0.15, 0.2) is 0 Å². The van der Waals surface area contributed by atoms with E-state index >= 15 is 0 Å². The molecule has 1 aliphatic heterocycles. The molecular weight excluding hydrogens is 436 g/mol. The average Bonchev–Trinajstić information content (AvgIpc) is 3.17. The van der Waals surface area contributed by atoms with Gasteiger partial charge in [-0.25, -0.2) is 0 Å². The van der Waals surface area contributed by atoms with Crippen LogP contribution in [0.15, 0.2) is 24.3 Å². The molecule has 1 aromatic carbocycles. The molecule has 0 spiro atoms. The number of hydrogen-bond donors (Lipinski definition) is 1. The van der Waals surface area contributed by atoms with E-state index in [1.165, 1.54) is 34.4 Å². The van der Waals surface area contributed by atoms with E-state index in [-0.39, 0.29) is 23.8 Å². The molecule has 1 unspecified atom stereocenters. The van der Waals surface area contributed by atoms with E-state index in [9.17, 15) is 9.59 Å². The number of anilines is 1. The smallest absolute Gasteiger partial charge is 0.309 e. The van der Waals surface area contributed by atoms with Gasteiger partial charge in [0, 0.05) is 17.4 Å². The molecule has 0 bridgehead atoms. The maximum Gasteiger partial charge on any atom is 0.309 e. The monoisotopic (exact) mass is 470 g/mol. The van der Waals surface area contributed by atoms with Crippen molar-refractivity contribution in [2.75, 3.05) is 32.1 Å². The van der Waals surface area contributed by atoms with Crippen molar-refractivity contribution < 1.29 is 19.1 Å². The van der Waals surface area contributed by atoms with Crippen molar-refractivity contribution in [2.45, 2.75) is 58.4 Å².